The number of carbonyl (C=O) groups is 1. The van der Waals surface area contributed by atoms with Gasteiger partial charge in [0.1, 0.15) is 12.1 Å². The standard InChI is InChI=1S/C16H21FN4OS/c1-10(2)21-9-18-20-16(21)23-12(4)15(22)19-11(3)13-5-7-14(17)8-6-13/h5-12H,1-4H3,(H,19,22)/t11-,12+/m1/s1. The molecule has 2 rings (SSSR count). The quantitative estimate of drug-likeness (QED) is 0.822. The number of halogens is 1. The maximum Gasteiger partial charge on any atom is 0.233 e. The molecule has 0 spiro atoms. The summed E-state index contributed by atoms with van der Waals surface area (Å²) in [6.45, 7) is 7.78. The van der Waals surface area contributed by atoms with Gasteiger partial charge in [-0.05, 0) is 45.4 Å². The molecule has 0 unspecified atom stereocenters. The van der Waals surface area contributed by atoms with Gasteiger partial charge in [-0.15, -0.1) is 10.2 Å². The summed E-state index contributed by atoms with van der Waals surface area (Å²) in [5.74, 6) is -0.380. The number of carbonyl (C=O) groups excluding carboxylic acids is 1. The van der Waals surface area contributed by atoms with Gasteiger partial charge in [0.05, 0.1) is 11.3 Å². The summed E-state index contributed by atoms with van der Waals surface area (Å²) in [5.41, 5.74) is 0.863. The molecule has 0 saturated heterocycles. The third-order valence-electron chi connectivity index (χ3n) is 3.48. The highest BCUT2D eigenvalue weighted by atomic mass is 32.2. The number of rotatable bonds is 6. The molecular formula is C16H21FN4OS. The lowest BCUT2D eigenvalue weighted by molar-refractivity contribution is -0.120. The molecule has 1 N–H and O–H groups in total. The van der Waals surface area contributed by atoms with Crippen molar-refractivity contribution in [1.29, 1.82) is 0 Å². The fourth-order valence-corrected chi connectivity index (χ4v) is 3.01. The Kier molecular flexibility index (Phi) is 5.76. The zero-order chi connectivity index (χ0) is 17.0. The minimum absolute atomic E-state index is 0.0925. The molecule has 2 aromatic rings. The maximum absolute atomic E-state index is 12.9. The number of hydrogen-bond acceptors (Lipinski definition) is 4. The summed E-state index contributed by atoms with van der Waals surface area (Å²) in [6.07, 6.45) is 1.67. The molecule has 0 fully saturated rings. The lowest BCUT2D eigenvalue weighted by atomic mass is 10.1. The summed E-state index contributed by atoms with van der Waals surface area (Å²) in [7, 11) is 0. The molecule has 0 aliphatic rings. The number of amides is 1. The van der Waals surface area contributed by atoms with Crippen LogP contribution in [0.3, 0.4) is 0 Å². The lowest BCUT2D eigenvalue weighted by Gasteiger charge is -2.18. The van der Waals surface area contributed by atoms with Crippen molar-refractivity contribution < 1.29 is 9.18 Å². The van der Waals surface area contributed by atoms with E-state index >= 15 is 0 Å². The Labute approximate surface area is 139 Å². The first-order chi connectivity index (χ1) is 10.9. The summed E-state index contributed by atoms with van der Waals surface area (Å²) < 4.78 is 14.9. The van der Waals surface area contributed by atoms with Crippen LogP contribution in [0.25, 0.3) is 0 Å². The Bertz CT molecular complexity index is 656. The number of aromatic nitrogens is 3. The predicted molar refractivity (Wildman–Crippen MR) is 88.7 cm³/mol. The van der Waals surface area contributed by atoms with Crippen LogP contribution in [-0.4, -0.2) is 25.9 Å². The highest BCUT2D eigenvalue weighted by Crippen LogP contribution is 2.24. The molecular weight excluding hydrogens is 315 g/mol. The second-order valence-corrected chi connectivity index (χ2v) is 6.96. The van der Waals surface area contributed by atoms with Crippen molar-refractivity contribution >= 4 is 17.7 Å². The van der Waals surface area contributed by atoms with Crippen LogP contribution in [0.5, 0.6) is 0 Å². The van der Waals surface area contributed by atoms with E-state index in [-0.39, 0.29) is 29.1 Å². The van der Waals surface area contributed by atoms with Crippen molar-refractivity contribution in [2.45, 2.75) is 50.2 Å². The van der Waals surface area contributed by atoms with Crippen LogP contribution in [-0.2, 0) is 4.79 Å². The van der Waals surface area contributed by atoms with Crippen molar-refractivity contribution in [2.24, 2.45) is 0 Å². The number of hydrogen-bond donors (Lipinski definition) is 1. The number of nitrogens with zero attached hydrogens (tertiary/aromatic N) is 3. The zero-order valence-corrected chi connectivity index (χ0v) is 14.5. The molecule has 0 bridgehead atoms. The Balaban J connectivity index is 1.97. The monoisotopic (exact) mass is 336 g/mol. The van der Waals surface area contributed by atoms with Crippen LogP contribution in [0, 0.1) is 5.82 Å². The van der Waals surface area contributed by atoms with E-state index in [9.17, 15) is 9.18 Å². The second kappa shape index (κ2) is 7.59. The van der Waals surface area contributed by atoms with E-state index in [4.69, 9.17) is 0 Å². The highest BCUT2D eigenvalue weighted by Gasteiger charge is 2.20. The van der Waals surface area contributed by atoms with Gasteiger partial charge < -0.3 is 9.88 Å². The number of thioether (sulfide) groups is 1. The fraction of sp³-hybridized carbons (Fsp3) is 0.438. The van der Waals surface area contributed by atoms with E-state index < -0.39 is 0 Å². The van der Waals surface area contributed by atoms with E-state index in [0.717, 1.165) is 10.7 Å². The second-order valence-electron chi connectivity index (χ2n) is 5.66. The van der Waals surface area contributed by atoms with E-state index in [1.54, 1.807) is 18.5 Å². The van der Waals surface area contributed by atoms with Gasteiger partial charge in [0.15, 0.2) is 5.16 Å². The summed E-state index contributed by atoms with van der Waals surface area (Å²) in [4.78, 5) is 12.3. The van der Waals surface area contributed by atoms with Crippen LogP contribution in [0.15, 0.2) is 35.7 Å². The summed E-state index contributed by atoms with van der Waals surface area (Å²) in [5, 5.41) is 11.3. The van der Waals surface area contributed by atoms with Gasteiger partial charge in [0.2, 0.25) is 5.91 Å². The minimum atomic E-state index is -0.306. The Hall–Kier alpha value is -1.89. The lowest BCUT2D eigenvalue weighted by Crippen LogP contribution is -2.33. The average Bonchev–Trinajstić information content (AvgIpc) is 2.96. The SMILES string of the molecule is CC(C)n1cnnc1S[C@@H](C)C(=O)N[C@H](C)c1ccc(F)cc1. The van der Waals surface area contributed by atoms with Crippen molar-refractivity contribution in [3.63, 3.8) is 0 Å². The smallest absolute Gasteiger partial charge is 0.233 e. The van der Waals surface area contributed by atoms with E-state index in [0.29, 0.717) is 0 Å². The summed E-state index contributed by atoms with van der Waals surface area (Å²) >= 11 is 1.37. The van der Waals surface area contributed by atoms with Crippen LogP contribution in [0.2, 0.25) is 0 Å². The molecule has 1 aromatic heterocycles. The number of nitrogens with one attached hydrogen (secondary N) is 1. The number of benzene rings is 1. The van der Waals surface area contributed by atoms with Gasteiger partial charge in [-0.3, -0.25) is 4.79 Å². The van der Waals surface area contributed by atoms with Gasteiger partial charge in [0, 0.05) is 6.04 Å². The van der Waals surface area contributed by atoms with E-state index in [1.807, 2.05) is 32.3 Å². The van der Waals surface area contributed by atoms with Crippen molar-refractivity contribution in [3.05, 3.63) is 42.0 Å². The van der Waals surface area contributed by atoms with Crippen LogP contribution < -0.4 is 5.32 Å². The molecule has 1 amide bonds. The topological polar surface area (TPSA) is 59.8 Å². The van der Waals surface area contributed by atoms with Gasteiger partial charge >= 0.3 is 0 Å². The fourth-order valence-electron chi connectivity index (χ4n) is 2.05. The normalized spacial score (nSPS) is 13.8. The third-order valence-corrected chi connectivity index (χ3v) is 4.55. The van der Waals surface area contributed by atoms with Crippen molar-refractivity contribution in [2.75, 3.05) is 0 Å². The van der Waals surface area contributed by atoms with Gasteiger partial charge in [-0.1, -0.05) is 23.9 Å². The molecule has 2 atom stereocenters. The first-order valence-electron chi connectivity index (χ1n) is 7.50. The van der Waals surface area contributed by atoms with Gasteiger partial charge in [-0.25, -0.2) is 4.39 Å². The van der Waals surface area contributed by atoms with Gasteiger partial charge in [0.25, 0.3) is 0 Å². The molecule has 5 nitrogen and oxygen atoms in total. The van der Waals surface area contributed by atoms with Crippen molar-refractivity contribution in [3.8, 4) is 0 Å². The average molecular weight is 336 g/mol. The van der Waals surface area contributed by atoms with E-state index in [1.165, 1.54) is 23.9 Å². The molecule has 0 aliphatic carbocycles. The van der Waals surface area contributed by atoms with Crippen LogP contribution in [0.4, 0.5) is 4.39 Å². The van der Waals surface area contributed by atoms with Crippen molar-refractivity contribution in [1.82, 2.24) is 20.1 Å². The van der Waals surface area contributed by atoms with Crippen LogP contribution >= 0.6 is 11.8 Å². The Morgan fingerprint density at radius 2 is 1.87 bits per heavy atom. The minimum Gasteiger partial charge on any atom is -0.349 e. The molecule has 7 heteroatoms. The third kappa shape index (κ3) is 4.54. The molecule has 1 aromatic carbocycles. The maximum atomic E-state index is 12.9. The molecule has 1 heterocycles. The Morgan fingerprint density at radius 1 is 1.22 bits per heavy atom. The molecule has 0 saturated carbocycles. The molecule has 124 valence electrons. The molecule has 0 aliphatic heterocycles. The summed E-state index contributed by atoms with van der Waals surface area (Å²) in [6, 6.07) is 6.18. The van der Waals surface area contributed by atoms with Crippen LogP contribution in [0.1, 0.15) is 45.3 Å². The zero-order valence-electron chi connectivity index (χ0n) is 13.7. The highest BCUT2D eigenvalue weighted by molar-refractivity contribution is 8.00. The van der Waals surface area contributed by atoms with Gasteiger partial charge in [-0.2, -0.15) is 0 Å². The Morgan fingerprint density at radius 3 is 2.48 bits per heavy atom. The molecule has 23 heavy (non-hydrogen) atoms. The largest absolute Gasteiger partial charge is 0.349 e. The van der Waals surface area contributed by atoms with E-state index in [2.05, 4.69) is 15.5 Å². The molecule has 0 radical (unpaired) electrons. The first kappa shape index (κ1) is 17.5. The first-order valence-corrected chi connectivity index (χ1v) is 8.38. The predicted octanol–water partition coefficient (Wildman–Crippen LogP) is 3.36.